The number of hydrogen-bond donors (Lipinski definition) is 0. The molecular formula is C23H17FO6S. The molecule has 0 fully saturated rings. The van der Waals surface area contributed by atoms with Crippen molar-refractivity contribution >= 4 is 21.1 Å². The summed E-state index contributed by atoms with van der Waals surface area (Å²) >= 11 is 0. The predicted molar refractivity (Wildman–Crippen MR) is 113 cm³/mol. The van der Waals surface area contributed by atoms with Crippen molar-refractivity contribution in [2.45, 2.75) is 11.8 Å². The average molecular weight is 440 g/mol. The third-order valence-electron chi connectivity index (χ3n) is 4.48. The molecule has 0 aliphatic heterocycles. The maximum Gasteiger partial charge on any atom is 0.339 e. The standard InChI is InChI=1S/C23H17FO6S/c1-2-28-17-11-7-15(8-12-17)22-23(21(25)19-5-3-4-6-20(19)29-22)30-31(26,27)18-13-9-16(24)10-14-18/h3-14H,2H2,1H3. The summed E-state index contributed by atoms with van der Waals surface area (Å²) in [4.78, 5) is 12.8. The maximum absolute atomic E-state index is 13.2. The fourth-order valence-corrected chi connectivity index (χ4v) is 3.96. The fraction of sp³-hybridized carbons (Fsp3) is 0.0870. The smallest absolute Gasteiger partial charge is 0.339 e. The third-order valence-corrected chi connectivity index (χ3v) is 5.71. The molecule has 0 unspecified atom stereocenters. The summed E-state index contributed by atoms with van der Waals surface area (Å²) in [5, 5.41) is 0.168. The van der Waals surface area contributed by atoms with Crippen molar-refractivity contribution in [1.29, 1.82) is 0 Å². The third kappa shape index (κ3) is 4.15. The molecule has 0 saturated carbocycles. The lowest BCUT2D eigenvalue weighted by Crippen LogP contribution is -2.17. The van der Waals surface area contributed by atoms with Crippen LogP contribution >= 0.6 is 0 Å². The number of ether oxygens (including phenoxy) is 1. The van der Waals surface area contributed by atoms with E-state index in [2.05, 4.69) is 0 Å². The highest BCUT2D eigenvalue weighted by molar-refractivity contribution is 7.87. The first-order valence-electron chi connectivity index (χ1n) is 9.38. The first-order chi connectivity index (χ1) is 14.9. The van der Waals surface area contributed by atoms with Gasteiger partial charge in [0.05, 0.1) is 12.0 Å². The van der Waals surface area contributed by atoms with Crippen molar-refractivity contribution in [2.24, 2.45) is 0 Å². The van der Waals surface area contributed by atoms with Crippen LogP contribution in [0.4, 0.5) is 4.39 Å². The van der Waals surface area contributed by atoms with Gasteiger partial charge in [0.1, 0.15) is 22.0 Å². The average Bonchev–Trinajstić information content (AvgIpc) is 2.77. The Balaban J connectivity index is 1.88. The second-order valence-electron chi connectivity index (χ2n) is 6.53. The van der Waals surface area contributed by atoms with Gasteiger partial charge in [-0.3, -0.25) is 4.79 Å². The van der Waals surface area contributed by atoms with Gasteiger partial charge in [0.2, 0.25) is 11.2 Å². The Morgan fingerprint density at radius 1 is 0.935 bits per heavy atom. The van der Waals surface area contributed by atoms with Crippen molar-refractivity contribution < 1.29 is 26.1 Å². The monoisotopic (exact) mass is 440 g/mol. The number of hydrogen-bond acceptors (Lipinski definition) is 6. The van der Waals surface area contributed by atoms with E-state index < -0.39 is 27.1 Å². The largest absolute Gasteiger partial charge is 0.494 e. The summed E-state index contributed by atoms with van der Waals surface area (Å²) in [5.74, 6) is -0.514. The van der Waals surface area contributed by atoms with Crippen molar-refractivity contribution in [3.05, 3.63) is 88.8 Å². The van der Waals surface area contributed by atoms with Crippen LogP contribution in [0.25, 0.3) is 22.3 Å². The van der Waals surface area contributed by atoms with Crippen LogP contribution in [-0.2, 0) is 10.1 Å². The molecule has 8 heteroatoms. The summed E-state index contributed by atoms with van der Waals surface area (Å²) in [6.07, 6.45) is 0. The van der Waals surface area contributed by atoms with Gasteiger partial charge in [-0.1, -0.05) is 12.1 Å². The molecule has 0 atom stereocenters. The van der Waals surface area contributed by atoms with Gasteiger partial charge >= 0.3 is 10.1 Å². The van der Waals surface area contributed by atoms with E-state index in [1.54, 1.807) is 42.5 Å². The zero-order valence-corrected chi connectivity index (χ0v) is 17.2. The van der Waals surface area contributed by atoms with Crippen LogP contribution in [0.5, 0.6) is 11.5 Å². The minimum absolute atomic E-state index is 0.0440. The van der Waals surface area contributed by atoms with Gasteiger partial charge in [-0.15, -0.1) is 0 Å². The number of para-hydroxylation sites is 1. The van der Waals surface area contributed by atoms with E-state index in [1.165, 1.54) is 6.07 Å². The predicted octanol–water partition coefficient (Wildman–Crippen LogP) is 4.77. The molecule has 0 aliphatic rings. The van der Waals surface area contributed by atoms with Gasteiger partial charge < -0.3 is 13.3 Å². The van der Waals surface area contributed by atoms with Gasteiger partial charge in [-0.2, -0.15) is 8.42 Å². The van der Waals surface area contributed by atoms with Gasteiger partial charge in [0, 0.05) is 5.56 Å². The molecule has 0 radical (unpaired) electrons. The Morgan fingerprint density at radius 2 is 1.61 bits per heavy atom. The molecule has 158 valence electrons. The van der Waals surface area contributed by atoms with Gasteiger partial charge in [0.15, 0.2) is 5.76 Å². The molecule has 0 aliphatic carbocycles. The van der Waals surface area contributed by atoms with E-state index in [0.717, 1.165) is 24.3 Å². The molecule has 3 aromatic carbocycles. The van der Waals surface area contributed by atoms with E-state index in [0.29, 0.717) is 17.9 Å². The van der Waals surface area contributed by atoms with Crippen LogP contribution in [0.3, 0.4) is 0 Å². The molecule has 4 rings (SSSR count). The van der Waals surface area contributed by atoms with E-state index in [9.17, 15) is 17.6 Å². The molecule has 4 aromatic rings. The van der Waals surface area contributed by atoms with E-state index >= 15 is 0 Å². The van der Waals surface area contributed by atoms with Crippen molar-refractivity contribution in [1.82, 2.24) is 0 Å². The molecule has 0 spiro atoms. The molecule has 0 amide bonds. The Bertz CT molecular complexity index is 1390. The molecular weight excluding hydrogens is 423 g/mol. The minimum Gasteiger partial charge on any atom is -0.494 e. The lowest BCUT2D eigenvalue weighted by Gasteiger charge is -2.12. The highest BCUT2D eigenvalue weighted by Crippen LogP contribution is 2.33. The van der Waals surface area contributed by atoms with Gasteiger partial charge in [-0.05, 0) is 67.6 Å². The highest BCUT2D eigenvalue weighted by atomic mass is 32.2. The Kier molecular flexibility index (Phi) is 5.48. The SMILES string of the molecule is CCOc1ccc(-c2oc3ccccc3c(=O)c2OS(=O)(=O)c2ccc(F)cc2)cc1. The van der Waals surface area contributed by atoms with Crippen molar-refractivity contribution in [3.63, 3.8) is 0 Å². The molecule has 31 heavy (non-hydrogen) atoms. The van der Waals surface area contributed by atoms with Crippen LogP contribution in [0.2, 0.25) is 0 Å². The van der Waals surface area contributed by atoms with Crippen LogP contribution in [-0.4, -0.2) is 15.0 Å². The van der Waals surface area contributed by atoms with Crippen LogP contribution in [0.1, 0.15) is 6.92 Å². The van der Waals surface area contributed by atoms with E-state index in [1.807, 2.05) is 6.92 Å². The summed E-state index contributed by atoms with van der Waals surface area (Å²) in [6, 6.07) is 17.2. The first-order valence-corrected chi connectivity index (χ1v) is 10.8. The van der Waals surface area contributed by atoms with Gasteiger partial charge in [-0.25, -0.2) is 4.39 Å². The molecule has 0 N–H and O–H groups in total. The summed E-state index contributed by atoms with van der Waals surface area (Å²) in [7, 11) is -4.42. The lowest BCUT2D eigenvalue weighted by atomic mass is 10.1. The molecule has 1 aromatic heterocycles. The molecule has 0 saturated heterocycles. The number of benzene rings is 3. The van der Waals surface area contributed by atoms with Crippen molar-refractivity contribution in [2.75, 3.05) is 6.61 Å². The quantitative estimate of drug-likeness (QED) is 0.402. The zero-order valence-electron chi connectivity index (χ0n) is 16.4. The van der Waals surface area contributed by atoms with E-state index in [4.69, 9.17) is 13.3 Å². The Hall–Kier alpha value is -3.65. The van der Waals surface area contributed by atoms with Crippen molar-refractivity contribution in [3.8, 4) is 22.8 Å². The normalized spacial score (nSPS) is 11.4. The van der Waals surface area contributed by atoms with Crippen LogP contribution < -0.4 is 14.3 Å². The summed E-state index contributed by atoms with van der Waals surface area (Å²) in [5.41, 5.74) is 0.0648. The molecule has 0 bridgehead atoms. The highest BCUT2D eigenvalue weighted by Gasteiger charge is 2.25. The van der Waals surface area contributed by atoms with E-state index in [-0.39, 0.29) is 21.6 Å². The molecule has 6 nitrogen and oxygen atoms in total. The molecule has 1 heterocycles. The van der Waals surface area contributed by atoms with Gasteiger partial charge in [0.25, 0.3) is 0 Å². The Labute approximate surface area is 177 Å². The van der Waals surface area contributed by atoms with Crippen LogP contribution in [0, 0.1) is 5.82 Å². The van der Waals surface area contributed by atoms with Crippen LogP contribution in [0.15, 0.2) is 86.9 Å². The Morgan fingerprint density at radius 3 is 2.29 bits per heavy atom. The minimum atomic E-state index is -4.42. The summed E-state index contributed by atoms with van der Waals surface area (Å²) in [6.45, 7) is 2.33. The zero-order chi connectivity index (χ0) is 22.0. The summed E-state index contributed by atoms with van der Waals surface area (Å²) < 4.78 is 55.3. The number of rotatable bonds is 6. The fourth-order valence-electron chi connectivity index (χ4n) is 3.02. The topological polar surface area (TPSA) is 82.8 Å². The second kappa shape index (κ2) is 8.23. The maximum atomic E-state index is 13.2. The lowest BCUT2D eigenvalue weighted by molar-refractivity contribution is 0.340. The number of fused-ring (bicyclic) bond motifs is 1. The number of halogens is 1. The second-order valence-corrected chi connectivity index (χ2v) is 8.08. The first kappa shape index (κ1) is 20.6.